The largest absolute Gasteiger partial charge is 0.497 e. The molecule has 0 aromatic heterocycles. The molecule has 2 N–H and O–H groups in total. The molecule has 1 amide bonds. The molecule has 2 unspecified atom stereocenters. The van der Waals surface area contributed by atoms with Crippen LogP contribution in [-0.4, -0.2) is 81.6 Å². The number of hydrogen-bond donors (Lipinski definition) is 2. The average Bonchev–Trinajstić information content (AvgIpc) is 3.24. The van der Waals surface area contributed by atoms with E-state index in [4.69, 9.17) is 9.73 Å². The SMILES string of the molecule is CCNC(=NCCCN1CCCC1C(=O)N(C)C)NCCC(C)c1ccc(OC)cc1. The lowest BCUT2D eigenvalue weighted by atomic mass is 9.98. The molecule has 1 aromatic carbocycles. The van der Waals surface area contributed by atoms with Crippen molar-refractivity contribution >= 4 is 11.9 Å². The molecule has 2 atom stereocenters. The van der Waals surface area contributed by atoms with Gasteiger partial charge in [-0.25, -0.2) is 0 Å². The first-order valence-electron chi connectivity index (χ1n) is 11.6. The highest BCUT2D eigenvalue weighted by atomic mass is 16.5. The normalized spacial score (nSPS) is 18.0. The Labute approximate surface area is 188 Å². The summed E-state index contributed by atoms with van der Waals surface area (Å²) in [4.78, 5) is 21.1. The predicted octanol–water partition coefficient (Wildman–Crippen LogP) is 2.69. The first-order chi connectivity index (χ1) is 15.0. The number of carbonyl (C=O) groups excluding carboxylic acids is 1. The monoisotopic (exact) mass is 431 g/mol. The summed E-state index contributed by atoms with van der Waals surface area (Å²) in [6.45, 7) is 8.71. The molecule has 7 heteroatoms. The molecule has 0 bridgehead atoms. The first-order valence-corrected chi connectivity index (χ1v) is 11.6. The first kappa shape index (κ1) is 25.0. The quantitative estimate of drug-likeness (QED) is 0.320. The number of nitrogens with zero attached hydrogens (tertiary/aromatic N) is 3. The van der Waals surface area contributed by atoms with E-state index in [1.54, 1.807) is 12.0 Å². The highest BCUT2D eigenvalue weighted by molar-refractivity contribution is 5.81. The molecule has 7 nitrogen and oxygen atoms in total. The van der Waals surface area contributed by atoms with E-state index < -0.39 is 0 Å². The summed E-state index contributed by atoms with van der Waals surface area (Å²) in [5.74, 6) is 2.44. The molecule has 31 heavy (non-hydrogen) atoms. The fraction of sp³-hybridized carbons (Fsp3) is 0.667. The Hall–Kier alpha value is -2.28. The van der Waals surface area contributed by atoms with Gasteiger partial charge in [-0.15, -0.1) is 0 Å². The van der Waals surface area contributed by atoms with Crippen molar-refractivity contribution in [2.75, 3.05) is 53.9 Å². The van der Waals surface area contributed by atoms with E-state index in [0.717, 1.165) is 70.1 Å². The van der Waals surface area contributed by atoms with E-state index in [-0.39, 0.29) is 11.9 Å². The highest BCUT2D eigenvalue weighted by Crippen LogP contribution is 2.21. The lowest BCUT2D eigenvalue weighted by Crippen LogP contribution is -2.43. The molecule has 0 radical (unpaired) electrons. The Morgan fingerprint density at radius 1 is 1.29 bits per heavy atom. The standard InChI is InChI=1S/C24H41N5O2/c1-6-25-24(27-16-14-19(2)20-10-12-21(31-5)13-11-20)26-15-8-18-29-17-7-9-22(29)23(30)28(3)4/h10-13,19,22H,6-9,14-18H2,1-5H3,(H2,25,26,27). The lowest BCUT2D eigenvalue weighted by Gasteiger charge is -2.25. The molecular formula is C24H41N5O2. The minimum absolute atomic E-state index is 0.0461. The highest BCUT2D eigenvalue weighted by Gasteiger charge is 2.30. The molecule has 1 saturated heterocycles. The van der Waals surface area contributed by atoms with Gasteiger partial charge in [0.2, 0.25) is 5.91 Å². The molecular weight excluding hydrogens is 390 g/mol. The van der Waals surface area contributed by atoms with Gasteiger partial charge in [0, 0.05) is 40.3 Å². The van der Waals surface area contributed by atoms with Crippen molar-refractivity contribution in [3.63, 3.8) is 0 Å². The summed E-state index contributed by atoms with van der Waals surface area (Å²) in [5.41, 5.74) is 1.32. The molecule has 1 aromatic rings. The second kappa shape index (κ2) is 13.2. The molecule has 1 fully saturated rings. The van der Waals surface area contributed by atoms with Crippen molar-refractivity contribution in [2.24, 2.45) is 4.99 Å². The van der Waals surface area contributed by atoms with Crippen LogP contribution in [0.3, 0.4) is 0 Å². The van der Waals surface area contributed by atoms with Crippen molar-refractivity contribution in [2.45, 2.75) is 51.5 Å². The lowest BCUT2D eigenvalue weighted by molar-refractivity contribution is -0.133. The fourth-order valence-electron chi connectivity index (χ4n) is 3.98. The van der Waals surface area contributed by atoms with Gasteiger partial charge in [0.25, 0.3) is 0 Å². The van der Waals surface area contributed by atoms with E-state index in [2.05, 4.69) is 41.5 Å². The zero-order valence-electron chi connectivity index (χ0n) is 20.0. The molecule has 1 aliphatic heterocycles. The minimum atomic E-state index is 0.0461. The van der Waals surface area contributed by atoms with Gasteiger partial charge >= 0.3 is 0 Å². The summed E-state index contributed by atoms with van der Waals surface area (Å²) >= 11 is 0. The van der Waals surface area contributed by atoms with Gasteiger partial charge < -0.3 is 20.3 Å². The van der Waals surface area contributed by atoms with Crippen molar-refractivity contribution < 1.29 is 9.53 Å². The maximum absolute atomic E-state index is 12.3. The van der Waals surface area contributed by atoms with Crippen molar-refractivity contribution in [1.82, 2.24) is 20.4 Å². The summed E-state index contributed by atoms with van der Waals surface area (Å²) in [6, 6.07) is 8.35. The van der Waals surface area contributed by atoms with Crippen LogP contribution in [0.25, 0.3) is 0 Å². The number of hydrogen-bond acceptors (Lipinski definition) is 4. The van der Waals surface area contributed by atoms with Gasteiger partial charge in [-0.1, -0.05) is 19.1 Å². The minimum Gasteiger partial charge on any atom is -0.497 e. The van der Waals surface area contributed by atoms with Crippen molar-refractivity contribution in [3.05, 3.63) is 29.8 Å². The Morgan fingerprint density at radius 3 is 2.68 bits per heavy atom. The zero-order chi connectivity index (χ0) is 22.6. The number of benzene rings is 1. The maximum Gasteiger partial charge on any atom is 0.239 e. The fourth-order valence-corrected chi connectivity index (χ4v) is 3.98. The second-order valence-electron chi connectivity index (χ2n) is 8.43. The number of nitrogens with one attached hydrogen (secondary N) is 2. The summed E-state index contributed by atoms with van der Waals surface area (Å²) < 4.78 is 5.24. The summed E-state index contributed by atoms with van der Waals surface area (Å²) in [5, 5.41) is 6.78. The number of guanidine groups is 1. The molecule has 2 rings (SSSR count). The number of rotatable bonds is 11. The van der Waals surface area contributed by atoms with E-state index in [1.165, 1.54) is 5.56 Å². The third kappa shape index (κ3) is 8.05. The van der Waals surface area contributed by atoms with E-state index in [9.17, 15) is 4.79 Å². The molecule has 1 heterocycles. The molecule has 0 aliphatic carbocycles. The number of methoxy groups -OCH3 is 1. The van der Waals surface area contributed by atoms with Crippen LogP contribution in [0.5, 0.6) is 5.75 Å². The van der Waals surface area contributed by atoms with E-state index in [0.29, 0.717) is 5.92 Å². The van der Waals surface area contributed by atoms with Crippen molar-refractivity contribution in [3.8, 4) is 5.75 Å². The van der Waals surface area contributed by atoms with Crippen LogP contribution >= 0.6 is 0 Å². The molecule has 0 spiro atoms. The predicted molar refractivity (Wildman–Crippen MR) is 128 cm³/mol. The zero-order valence-corrected chi connectivity index (χ0v) is 20.0. The molecule has 174 valence electrons. The third-order valence-electron chi connectivity index (χ3n) is 5.86. The second-order valence-corrected chi connectivity index (χ2v) is 8.43. The summed E-state index contributed by atoms with van der Waals surface area (Å²) in [6.07, 6.45) is 4.05. The van der Waals surface area contributed by atoms with Crippen LogP contribution in [0, 0.1) is 0 Å². The van der Waals surface area contributed by atoms with E-state index >= 15 is 0 Å². The summed E-state index contributed by atoms with van der Waals surface area (Å²) in [7, 11) is 5.37. The van der Waals surface area contributed by atoms with Gasteiger partial charge in [0.15, 0.2) is 5.96 Å². The molecule has 1 aliphatic rings. The van der Waals surface area contributed by atoms with Gasteiger partial charge in [-0.3, -0.25) is 14.7 Å². The Balaban J connectivity index is 1.74. The van der Waals surface area contributed by atoms with Gasteiger partial charge in [-0.2, -0.15) is 0 Å². The smallest absolute Gasteiger partial charge is 0.239 e. The number of ether oxygens (including phenoxy) is 1. The number of aliphatic imine (C=N–C) groups is 1. The Kier molecular flexibility index (Phi) is 10.6. The Morgan fingerprint density at radius 2 is 2.03 bits per heavy atom. The topological polar surface area (TPSA) is 69.2 Å². The van der Waals surface area contributed by atoms with Crippen LogP contribution in [0.2, 0.25) is 0 Å². The van der Waals surface area contributed by atoms with Crippen LogP contribution < -0.4 is 15.4 Å². The number of carbonyl (C=O) groups is 1. The van der Waals surface area contributed by atoms with Gasteiger partial charge in [0.1, 0.15) is 5.75 Å². The van der Waals surface area contributed by atoms with Gasteiger partial charge in [-0.05, 0) is 62.8 Å². The van der Waals surface area contributed by atoms with Crippen molar-refractivity contribution in [1.29, 1.82) is 0 Å². The van der Waals surface area contributed by atoms with Crippen LogP contribution in [-0.2, 0) is 4.79 Å². The number of likely N-dealkylation sites (tertiary alicyclic amines) is 1. The maximum atomic E-state index is 12.3. The Bertz CT molecular complexity index is 690. The van der Waals surface area contributed by atoms with Crippen LogP contribution in [0.1, 0.15) is 51.0 Å². The van der Waals surface area contributed by atoms with E-state index in [1.807, 2.05) is 26.2 Å². The van der Waals surface area contributed by atoms with Gasteiger partial charge in [0.05, 0.1) is 13.2 Å². The average molecular weight is 432 g/mol. The third-order valence-corrected chi connectivity index (χ3v) is 5.86. The number of likely N-dealkylation sites (N-methyl/N-ethyl adjacent to an activating group) is 1. The van der Waals surface area contributed by atoms with Crippen LogP contribution in [0.4, 0.5) is 0 Å². The van der Waals surface area contributed by atoms with Crippen LogP contribution in [0.15, 0.2) is 29.3 Å². The number of amides is 1. The molecule has 0 saturated carbocycles.